The predicted molar refractivity (Wildman–Crippen MR) is 96.6 cm³/mol. The highest BCUT2D eigenvalue weighted by Crippen LogP contribution is 2.12. The average molecular weight is 327 g/mol. The van der Waals surface area contributed by atoms with Gasteiger partial charge in [0.1, 0.15) is 11.6 Å². The number of anilines is 1. The van der Waals surface area contributed by atoms with Gasteiger partial charge in [-0.1, -0.05) is 19.1 Å². The van der Waals surface area contributed by atoms with Crippen LogP contribution in [0.1, 0.15) is 36.2 Å². The number of nitrogens with one attached hydrogen (secondary N) is 2. The SMILES string of the molecule is CCC(C)NC(=O)c1ccnc(NCCc2ccc(OC)cc2)c1. The van der Waals surface area contributed by atoms with Crippen molar-refractivity contribution in [2.75, 3.05) is 19.0 Å². The van der Waals surface area contributed by atoms with Gasteiger partial charge in [-0.3, -0.25) is 4.79 Å². The maximum Gasteiger partial charge on any atom is 0.251 e. The molecule has 2 rings (SSSR count). The molecule has 2 N–H and O–H groups in total. The Labute approximate surface area is 143 Å². The van der Waals surface area contributed by atoms with Crippen molar-refractivity contribution in [2.45, 2.75) is 32.7 Å². The normalized spacial score (nSPS) is 11.6. The van der Waals surface area contributed by atoms with Gasteiger partial charge in [0.15, 0.2) is 0 Å². The smallest absolute Gasteiger partial charge is 0.251 e. The van der Waals surface area contributed by atoms with Crippen LogP contribution < -0.4 is 15.4 Å². The highest BCUT2D eigenvalue weighted by molar-refractivity contribution is 5.94. The Morgan fingerprint density at radius 3 is 2.67 bits per heavy atom. The fourth-order valence-corrected chi connectivity index (χ4v) is 2.20. The van der Waals surface area contributed by atoms with Gasteiger partial charge in [0, 0.05) is 24.3 Å². The van der Waals surface area contributed by atoms with Crippen LogP contribution in [0.2, 0.25) is 0 Å². The fourth-order valence-electron chi connectivity index (χ4n) is 2.20. The Kier molecular flexibility index (Phi) is 6.61. The maximum absolute atomic E-state index is 12.1. The molecule has 1 heterocycles. The second-order valence-corrected chi connectivity index (χ2v) is 5.74. The summed E-state index contributed by atoms with van der Waals surface area (Å²) in [5, 5.41) is 6.22. The molecule has 1 unspecified atom stereocenters. The Bertz CT molecular complexity index is 656. The summed E-state index contributed by atoms with van der Waals surface area (Å²) in [6.07, 6.45) is 3.43. The Morgan fingerprint density at radius 2 is 2.00 bits per heavy atom. The van der Waals surface area contributed by atoms with Gasteiger partial charge < -0.3 is 15.4 Å². The van der Waals surface area contributed by atoms with Gasteiger partial charge in [-0.2, -0.15) is 0 Å². The van der Waals surface area contributed by atoms with Crippen LogP contribution in [-0.4, -0.2) is 30.6 Å². The van der Waals surface area contributed by atoms with Crippen LogP contribution in [0.3, 0.4) is 0 Å². The van der Waals surface area contributed by atoms with Gasteiger partial charge >= 0.3 is 0 Å². The van der Waals surface area contributed by atoms with Crippen LogP contribution in [0.15, 0.2) is 42.6 Å². The van der Waals surface area contributed by atoms with Crippen molar-refractivity contribution >= 4 is 11.7 Å². The number of aromatic nitrogens is 1. The zero-order valence-corrected chi connectivity index (χ0v) is 14.5. The number of hydrogen-bond acceptors (Lipinski definition) is 4. The summed E-state index contributed by atoms with van der Waals surface area (Å²) in [7, 11) is 1.66. The molecule has 0 fully saturated rings. The van der Waals surface area contributed by atoms with Crippen LogP contribution in [0.4, 0.5) is 5.82 Å². The standard InChI is InChI=1S/C19H25N3O2/c1-4-14(2)22-19(23)16-10-12-21-18(13-16)20-11-9-15-5-7-17(24-3)8-6-15/h5-8,10,12-14H,4,9,11H2,1-3H3,(H,20,21)(H,22,23). The van der Waals surface area contributed by atoms with E-state index in [1.54, 1.807) is 25.4 Å². The largest absolute Gasteiger partial charge is 0.497 e. The summed E-state index contributed by atoms with van der Waals surface area (Å²) in [6.45, 7) is 4.78. The molecule has 5 heteroatoms. The van der Waals surface area contributed by atoms with Crippen molar-refractivity contribution in [3.8, 4) is 5.75 Å². The number of ether oxygens (including phenoxy) is 1. The van der Waals surface area contributed by atoms with Crippen LogP contribution >= 0.6 is 0 Å². The Morgan fingerprint density at radius 1 is 1.25 bits per heavy atom. The summed E-state index contributed by atoms with van der Waals surface area (Å²) >= 11 is 0. The molecular weight excluding hydrogens is 302 g/mol. The molecule has 0 radical (unpaired) electrons. The van der Waals surface area contributed by atoms with Crippen molar-refractivity contribution in [2.24, 2.45) is 0 Å². The molecule has 1 aromatic carbocycles. The summed E-state index contributed by atoms with van der Waals surface area (Å²) in [4.78, 5) is 16.4. The number of benzene rings is 1. The van der Waals surface area contributed by atoms with Crippen LogP contribution in [-0.2, 0) is 6.42 Å². The predicted octanol–water partition coefficient (Wildman–Crippen LogP) is 3.27. The number of nitrogens with zero attached hydrogens (tertiary/aromatic N) is 1. The van der Waals surface area contributed by atoms with Gasteiger partial charge in [0.05, 0.1) is 7.11 Å². The molecule has 5 nitrogen and oxygen atoms in total. The lowest BCUT2D eigenvalue weighted by Gasteiger charge is -2.12. The van der Waals surface area contributed by atoms with Crippen molar-refractivity contribution < 1.29 is 9.53 Å². The average Bonchev–Trinajstić information content (AvgIpc) is 2.62. The molecule has 0 bridgehead atoms. The molecule has 0 aliphatic rings. The van der Waals surface area contributed by atoms with E-state index in [1.807, 2.05) is 38.1 Å². The van der Waals surface area contributed by atoms with Crippen LogP contribution in [0, 0.1) is 0 Å². The molecule has 1 amide bonds. The Hall–Kier alpha value is -2.56. The summed E-state index contributed by atoms with van der Waals surface area (Å²) in [5.74, 6) is 1.50. The van der Waals surface area contributed by atoms with E-state index < -0.39 is 0 Å². The second-order valence-electron chi connectivity index (χ2n) is 5.74. The van der Waals surface area contributed by atoms with Gasteiger partial charge in [-0.05, 0) is 49.6 Å². The van der Waals surface area contributed by atoms with E-state index in [-0.39, 0.29) is 11.9 Å². The van der Waals surface area contributed by atoms with E-state index in [4.69, 9.17) is 4.74 Å². The number of rotatable bonds is 8. The zero-order valence-electron chi connectivity index (χ0n) is 14.5. The first-order chi connectivity index (χ1) is 11.6. The number of pyridine rings is 1. The monoisotopic (exact) mass is 327 g/mol. The maximum atomic E-state index is 12.1. The van der Waals surface area contributed by atoms with Gasteiger partial charge in [-0.25, -0.2) is 4.98 Å². The van der Waals surface area contributed by atoms with E-state index in [2.05, 4.69) is 15.6 Å². The number of carbonyl (C=O) groups excluding carboxylic acids is 1. The van der Waals surface area contributed by atoms with E-state index in [1.165, 1.54) is 5.56 Å². The summed E-state index contributed by atoms with van der Waals surface area (Å²) < 4.78 is 5.15. The molecule has 128 valence electrons. The first-order valence-corrected chi connectivity index (χ1v) is 8.26. The van der Waals surface area contributed by atoms with E-state index in [9.17, 15) is 4.79 Å². The number of carbonyl (C=O) groups is 1. The van der Waals surface area contributed by atoms with Gasteiger partial charge in [0.2, 0.25) is 0 Å². The van der Waals surface area contributed by atoms with E-state index >= 15 is 0 Å². The minimum absolute atomic E-state index is 0.0649. The summed E-state index contributed by atoms with van der Waals surface area (Å²) in [5.41, 5.74) is 1.84. The molecule has 1 atom stereocenters. The van der Waals surface area contributed by atoms with Crippen molar-refractivity contribution in [3.63, 3.8) is 0 Å². The third-order valence-corrected chi connectivity index (χ3v) is 3.89. The lowest BCUT2D eigenvalue weighted by atomic mass is 10.1. The fraction of sp³-hybridized carbons (Fsp3) is 0.368. The molecule has 1 aromatic heterocycles. The van der Waals surface area contributed by atoms with Crippen LogP contribution in [0.25, 0.3) is 0 Å². The van der Waals surface area contributed by atoms with Crippen molar-refractivity contribution in [1.82, 2.24) is 10.3 Å². The van der Waals surface area contributed by atoms with Crippen molar-refractivity contribution in [1.29, 1.82) is 0 Å². The van der Waals surface area contributed by atoms with Crippen LogP contribution in [0.5, 0.6) is 5.75 Å². The number of methoxy groups -OCH3 is 1. The lowest BCUT2D eigenvalue weighted by Crippen LogP contribution is -2.31. The molecule has 0 saturated carbocycles. The molecular formula is C19H25N3O2. The molecule has 2 aromatic rings. The number of amides is 1. The summed E-state index contributed by atoms with van der Waals surface area (Å²) in [6, 6.07) is 11.7. The molecule has 24 heavy (non-hydrogen) atoms. The topological polar surface area (TPSA) is 63.2 Å². The second kappa shape index (κ2) is 8.91. The molecule has 0 aliphatic carbocycles. The zero-order chi connectivity index (χ0) is 17.4. The van der Waals surface area contributed by atoms with Gasteiger partial charge in [0.25, 0.3) is 5.91 Å². The highest BCUT2D eigenvalue weighted by Gasteiger charge is 2.09. The quantitative estimate of drug-likeness (QED) is 0.781. The molecule has 0 saturated heterocycles. The first-order valence-electron chi connectivity index (χ1n) is 8.26. The third-order valence-electron chi connectivity index (χ3n) is 3.89. The number of hydrogen-bond donors (Lipinski definition) is 2. The van der Waals surface area contributed by atoms with E-state index in [0.29, 0.717) is 11.4 Å². The van der Waals surface area contributed by atoms with E-state index in [0.717, 1.165) is 25.1 Å². The minimum atomic E-state index is -0.0649. The molecule has 0 spiro atoms. The Balaban J connectivity index is 1.88. The first kappa shape index (κ1) is 17.8. The highest BCUT2D eigenvalue weighted by atomic mass is 16.5. The van der Waals surface area contributed by atoms with Gasteiger partial charge in [-0.15, -0.1) is 0 Å². The molecule has 0 aliphatic heterocycles. The minimum Gasteiger partial charge on any atom is -0.497 e. The third kappa shape index (κ3) is 5.26. The van der Waals surface area contributed by atoms with Crippen molar-refractivity contribution in [3.05, 3.63) is 53.7 Å². The lowest BCUT2D eigenvalue weighted by molar-refractivity contribution is 0.0939.